The van der Waals surface area contributed by atoms with Gasteiger partial charge in [-0.25, -0.2) is 12.8 Å². The Bertz CT molecular complexity index is 1210. The molecular formula is C24H24Cl2FN3O2S. The molecule has 3 aromatic rings. The molecule has 0 fully saturated rings. The minimum atomic E-state index is -3.79. The van der Waals surface area contributed by atoms with Crippen molar-refractivity contribution in [3.63, 3.8) is 0 Å². The lowest BCUT2D eigenvalue weighted by atomic mass is 10.2. The summed E-state index contributed by atoms with van der Waals surface area (Å²) in [5, 5.41) is 0. The van der Waals surface area contributed by atoms with Crippen LogP contribution in [0.5, 0.6) is 0 Å². The van der Waals surface area contributed by atoms with Crippen molar-refractivity contribution in [1.29, 1.82) is 0 Å². The quantitative estimate of drug-likeness (QED) is 0.271. The standard InChI is InChI=1S/C24H24Cl2FN3O2S/c1-18-6-10-21(11-7-18)33(31,32)29-24-5-3-2-4-23(24)28-17-19-8-9-20(16-22(19)27)30(14-12-25)15-13-26/h2-11,16-17,29H,12-15H2,1H3. The molecule has 0 saturated carbocycles. The average molecular weight is 508 g/mol. The maximum atomic E-state index is 14.7. The highest BCUT2D eigenvalue weighted by Crippen LogP contribution is 2.27. The van der Waals surface area contributed by atoms with Gasteiger partial charge in [-0.1, -0.05) is 29.8 Å². The Morgan fingerprint density at radius 1 is 1.00 bits per heavy atom. The van der Waals surface area contributed by atoms with Crippen LogP contribution in [0.2, 0.25) is 0 Å². The number of benzene rings is 3. The minimum Gasteiger partial charge on any atom is -0.369 e. The molecule has 0 heterocycles. The first-order chi connectivity index (χ1) is 15.8. The van der Waals surface area contributed by atoms with Crippen LogP contribution < -0.4 is 9.62 Å². The molecule has 33 heavy (non-hydrogen) atoms. The van der Waals surface area contributed by atoms with Gasteiger partial charge in [0.05, 0.1) is 16.3 Å². The molecule has 0 aliphatic carbocycles. The first kappa shape index (κ1) is 25.0. The van der Waals surface area contributed by atoms with E-state index in [1.54, 1.807) is 48.5 Å². The number of alkyl halides is 2. The Hall–Kier alpha value is -2.61. The summed E-state index contributed by atoms with van der Waals surface area (Å²) in [5.41, 5.74) is 2.56. The lowest BCUT2D eigenvalue weighted by molar-refractivity contribution is 0.601. The summed E-state index contributed by atoms with van der Waals surface area (Å²) in [6.45, 7) is 2.98. The summed E-state index contributed by atoms with van der Waals surface area (Å²) >= 11 is 11.7. The van der Waals surface area contributed by atoms with Gasteiger partial charge in [0.2, 0.25) is 0 Å². The third-order valence-electron chi connectivity index (χ3n) is 4.88. The van der Waals surface area contributed by atoms with Gasteiger partial charge in [0.1, 0.15) is 5.82 Å². The Balaban J connectivity index is 1.83. The Morgan fingerprint density at radius 2 is 1.67 bits per heavy atom. The molecule has 0 atom stereocenters. The second kappa shape index (κ2) is 11.5. The number of aliphatic imine (C=N–C) groups is 1. The molecule has 3 rings (SSSR count). The molecule has 0 aliphatic heterocycles. The van der Waals surface area contributed by atoms with Crippen molar-refractivity contribution in [1.82, 2.24) is 0 Å². The summed E-state index contributed by atoms with van der Waals surface area (Å²) in [4.78, 5) is 6.38. The molecule has 174 valence electrons. The van der Waals surface area contributed by atoms with Gasteiger partial charge in [-0.05, 0) is 49.4 Å². The second-order valence-corrected chi connectivity index (χ2v) is 9.70. The molecule has 0 bridgehead atoms. The zero-order chi connectivity index (χ0) is 23.8. The third-order valence-corrected chi connectivity index (χ3v) is 6.60. The SMILES string of the molecule is Cc1ccc(S(=O)(=O)Nc2ccccc2N=Cc2ccc(N(CCCl)CCCl)cc2F)cc1. The lowest BCUT2D eigenvalue weighted by Crippen LogP contribution is -2.27. The van der Waals surface area contributed by atoms with E-state index >= 15 is 0 Å². The van der Waals surface area contributed by atoms with Crippen LogP contribution in [0.4, 0.5) is 21.5 Å². The number of anilines is 2. The molecule has 9 heteroatoms. The molecule has 0 aromatic heterocycles. The highest BCUT2D eigenvalue weighted by Gasteiger charge is 2.15. The van der Waals surface area contributed by atoms with Crippen molar-refractivity contribution in [2.75, 3.05) is 34.5 Å². The molecule has 0 saturated heterocycles. The highest BCUT2D eigenvalue weighted by atomic mass is 35.5. The van der Waals surface area contributed by atoms with Crippen LogP contribution in [-0.2, 0) is 10.0 Å². The van der Waals surface area contributed by atoms with E-state index in [1.807, 2.05) is 11.8 Å². The van der Waals surface area contributed by atoms with Crippen molar-refractivity contribution >= 4 is 56.5 Å². The minimum absolute atomic E-state index is 0.145. The number of hydrogen-bond donors (Lipinski definition) is 1. The van der Waals surface area contributed by atoms with E-state index < -0.39 is 15.8 Å². The topological polar surface area (TPSA) is 61.8 Å². The second-order valence-electron chi connectivity index (χ2n) is 7.26. The number of nitrogens with one attached hydrogen (secondary N) is 1. The van der Waals surface area contributed by atoms with Crippen molar-refractivity contribution in [3.05, 3.63) is 83.7 Å². The molecular weight excluding hydrogens is 484 g/mol. The normalized spacial score (nSPS) is 11.6. The largest absolute Gasteiger partial charge is 0.369 e. The summed E-state index contributed by atoms with van der Waals surface area (Å²) < 4.78 is 42.8. The molecule has 0 spiro atoms. The van der Waals surface area contributed by atoms with E-state index in [0.29, 0.717) is 41.9 Å². The smallest absolute Gasteiger partial charge is 0.261 e. The van der Waals surface area contributed by atoms with Gasteiger partial charge in [-0.3, -0.25) is 9.71 Å². The summed E-state index contributed by atoms with van der Waals surface area (Å²) in [5.74, 6) is 0.344. The maximum absolute atomic E-state index is 14.7. The number of sulfonamides is 1. The van der Waals surface area contributed by atoms with Crippen LogP contribution >= 0.6 is 23.2 Å². The van der Waals surface area contributed by atoms with Crippen LogP contribution in [0.15, 0.2) is 76.6 Å². The number of nitrogens with zero attached hydrogens (tertiary/aromatic N) is 2. The van der Waals surface area contributed by atoms with Crippen molar-refractivity contribution in [2.45, 2.75) is 11.8 Å². The number of halogens is 3. The number of aryl methyl sites for hydroxylation is 1. The highest BCUT2D eigenvalue weighted by molar-refractivity contribution is 7.92. The van der Waals surface area contributed by atoms with Gasteiger partial charge in [0.15, 0.2) is 0 Å². The van der Waals surface area contributed by atoms with E-state index in [-0.39, 0.29) is 10.5 Å². The summed E-state index contributed by atoms with van der Waals surface area (Å²) in [7, 11) is -3.79. The summed E-state index contributed by atoms with van der Waals surface area (Å²) in [6.07, 6.45) is 1.37. The van der Waals surface area contributed by atoms with E-state index in [1.165, 1.54) is 24.4 Å². The molecule has 1 N–H and O–H groups in total. The lowest BCUT2D eigenvalue weighted by Gasteiger charge is -2.23. The molecule has 0 radical (unpaired) electrons. The first-order valence-electron chi connectivity index (χ1n) is 10.2. The number of rotatable bonds is 10. The van der Waals surface area contributed by atoms with Gasteiger partial charge in [0, 0.05) is 42.3 Å². The van der Waals surface area contributed by atoms with E-state index in [2.05, 4.69) is 9.71 Å². The fourth-order valence-corrected chi connectivity index (χ4v) is 4.61. The van der Waals surface area contributed by atoms with Gasteiger partial charge >= 0.3 is 0 Å². The van der Waals surface area contributed by atoms with Gasteiger partial charge < -0.3 is 4.90 Å². The molecule has 5 nitrogen and oxygen atoms in total. The van der Waals surface area contributed by atoms with Crippen LogP contribution in [0.25, 0.3) is 0 Å². The third kappa shape index (κ3) is 6.69. The number of para-hydroxylation sites is 2. The fourth-order valence-electron chi connectivity index (χ4n) is 3.12. The molecule has 0 aliphatic rings. The van der Waals surface area contributed by atoms with E-state index in [4.69, 9.17) is 23.2 Å². The van der Waals surface area contributed by atoms with Crippen LogP contribution in [0.3, 0.4) is 0 Å². The first-order valence-corrected chi connectivity index (χ1v) is 12.8. The van der Waals surface area contributed by atoms with Crippen LogP contribution in [-0.4, -0.2) is 39.5 Å². The van der Waals surface area contributed by atoms with Gasteiger partial charge in [-0.2, -0.15) is 0 Å². The monoisotopic (exact) mass is 507 g/mol. The zero-order valence-corrected chi connectivity index (χ0v) is 20.3. The Kier molecular flexibility index (Phi) is 8.72. The average Bonchev–Trinajstić information content (AvgIpc) is 2.79. The predicted molar refractivity (Wildman–Crippen MR) is 136 cm³/mol. The van der Waals surface area contributed by atoms with Gasteiger partial charge in [0.25, 0.3) is 10.0 Å². The summed E-state index contributed by atoms with van der Waals surface area (Å²) in [6, 6.07) is 18.0. The molecule has 3 aromatic carbocycles. The van der Waals surface area contributed by atoms with E-state index in [9.17, 15) is 12.8 Å². The predicted octanol–water partition coefficient (Wildman–Crippen LogP) is 5.97. The van der Waals surface area contributed by atoms with Crippen molar-refractivity contribution < 1.29 is 12.8 Å². The fraction of sp³-hybridized carbons (Fsp3) is 0.208. The Morgan fingerprint density at radius 3 is 2.30 bits per heavy atom. The van der Waals surface area contributed by atoms with Crippen molar-refractivity contribution in [3.8, 4) is 0 Å². The van der Waals surface area contributed by atoms with Gasteiger partial charge in [-0.15, -0.1) is 23.2 Å². The number of hydrogen-bond acceptors (Lipinski definition) is 4. The van der Waals surface area contributed by atoms with Crippen LogP contribution in [0, 0.1) is 12.7 Å². The van der Waals surface area contributed by atoms with Crippen molar-refractivity contribution in [2.24, 2.45) is 4.99 Å². The maximum Gasteiger partial charge on any atom is 0.261 e. The van der Waals surface area contributed by atoms with Crippen LogP contribution in [0.1, 0.15) is 11.1 Å². The molecule has 0 unspecified atom stereocenters. The Labute approximate surface area is 203 Å². The zero-order valence-electron chi connectivity index (χ0n) is 18.0. The molecule has 0 amide bonds. The van der Waals surface area contributed by atoms with E-state index in [0.717, 1.165) is 5.56 Å².